The molecule has 0 fully saturated rings. The molecule has 6 aromatic carbocycles. The average molecular weight is 945 g/mol. The summed E-state index contributed by atoms with van der Waals surface area (Å²) in [5.74, 6) is -3.19. The summed E-state index contributed by atoms with van der Waals surface area (Å²) in [7, 11) is -16.0. The second-order valence-electron chi connectivity index (χ2n) is 12.3. The molecule has 2 aliphatic heterocycles. The first kappa shape index (κ1) is 46.2. The SMILES string of the molecule is NS(=O)(=O)c1ccc(O)c(N=Nc2c3c(c4ccccc4c2O)OCS3(=O)=O)c1.NS(=O)(=O)c1ccc([O-])c(N=Nc2c3c(c4ccccc4c2O)OCS3(=O)=O)c1.[Cr].[Na+]. The monoisotopic (exact) mass is 944 g/mol. The molecule has 2 heterocycles. The Morgan fingerprint density at radius 3 is 1.40 bits per heavy atom. The van der Waals surface area contributed by atoms with Gasteiger partial charge in [0.25, 0.3) is 0 Å². The van der Waals surface area contributed by atoms with E-state index in [1.807, 2.05) is 0 Å². The van der Waals surface area contributed by atoms with Gasteiger partial charge in [-0.25, -0.2) is 43.9 Å². The third-order valence-electron chi connectivity index (χ3n) is 8.53. The second-order valence-corrected chi connectivity index (χ2v) is 19.2. The maximum atomic E-state index is 12.5. The third kappa shape index (κ3) is 8.65. The Kier molecular flexibility index (Phi) is 13.0. The van der Waals surface area contributed by atoms with Gasteiger partial charge in [0.2, 0.25) is 39.7 Å². The molecule has 0 bridgehead atoms. The molecule has 0 amide bonds. The molecule has 306 valence electrons. The molecule has 0 saturated carbocycles. The minimum absolute atomic E-state index is 0. The van der Waals surface area contributed by atoms with Crippen molar-refractivity contribution in [1.29, 1.82) is 0 Å². The second kappa shape index (κ2) is 16.9. The number of nitrogens with zero attached hydrogens (tertiary/aromatic N) is 4. The maximum absolute atomic E-state index is 12.5. The Labute approximate surface area is 373 Å². The number of phenolic OH excluding ortho intramolecular Hbond substituents is 3. The Bertz CT molecular complexity index is 3060. The summed E-state index contributed by atoms with van der Waals surface area (Å²) in [6, 6.07) is 18.8. The van der Waals surface area contributed by atoms with E-state index in [-0.39, 0.29) is 94.8 Å². The molecule has 0 aliphatic carbocycles. The zero-order chi connectivity index (χ0) is 41.9. The number of sulfonamides is 2. The largest absolute Gasteiger partial charge is 1.00 e. The molecule has 0 radical (unpaired) electrons. The van der Waals surface area contributed by atoms with Crippen LogP contribution in [0.2, 0.25) is 0 Å². The minimum atomic E-state index is -4.10. The molecular weight excluding hydrogens is 920 g/mol. The van der Waals surface area contributed by atoms with Gasteiger partial charge in [-0.05, 0) is 30.3 Å². The standard InChI is InChI=1S/2C17H13N3O7S2.Cr.Na/c2*18-29(25,26)9-5-6-13(21)12(7-9)19-20-14-15(22)10-3-1-2-4-11(10)16-17(14)28(23,24)8-27-16;;/h2*1-7,21-22H,8H2,(H2,18,25,26);;/q;;;+1/p-1. The summed E-state index contributed by atoms with van der Waals surface area (Å²) in [4.78, 5) is -1.38. The van der Waals surface area contributed by atoms with E-state index in [0.717, 1.165) is 36.4 Å². The van der Waals surface area contributed by atoms with Gasteiger partial charge in [-0.2, -0.15) is 5.11 Å². The Morgan fingerprint density at radius 1 is 0.583 bits per heavy atom. The fourth-order valence-electron chi connectivity index (χ4n) is 5.87. The molecular formula is C34H25CrN6NaO14S4. The van der Waals surface area contributed by atoms with E-state index in [4.69, 9.17) is 19.8 Å². The van der Waals surface area contributed by atoms with Crippen LogP contribution >= 0.6 is 0 Å². The quantitative estimate of drug-likeness (QED) is 0.116. The van der Waals surface area contributed by atoms with Crippen LogP contribution in [0.25, 0.3) is 21.5 Å². The Balaban J connectivity index is 0.000000220. The molecule has 0 spiro atoms. The first-order chi connectivity index (χ1) is 27.2. The van der Waals surface area contributed by atoms with Crippen molar-refractivity contribution in [3.05, 3.63) is 84.9 Å². The number of hydrogen-bond donors (Lipinski definition) is 5. The molecule has 20 nitrogen and oxygen atoms in total. The number of rotatable bonds is 6. The number of benzene rings is 6. The summed E-state index contributed by atoms with van der Waals surface area (Å²) < 4.78 is 106. The number of ether oxygens (including phenoxy) is 2. The number of hydrogen-bond acceptors (Lipinski definition) is 18. The molecule has 2 aliphatic rings. The summed E-state index contributed by atoms with van der Waals surface area (Å²) in [5, 5.41) is 69.5. The molecule has 0 unspecified atom stereocenters. The molecule has 0 saturated heterocycles. The van der Waals surface area contributed by atoms with Crippen molar-refractivity contribution in [1.82, 2.24) is 0 Å². The average Bonchev–Trinajstić information content (AvgIpc) is 3.66. The molecule has 0 aromatic heterocycles. The van der Waals surface area contributed by atoms with Gasteiger partial charge < -0.3 is 29.9 Å². The molecule has 26 heteroatoms. The van der Waals surface area contributed by atoms with Crippen molar-refractivity contribution in [3.63, 3.8) is 0 Å². The number of primary sulfonamides is 2. The predicted octanol–water partition coefficient (Wildman–Crippen LogP) is 1.24. The van der Waals surface area contributed by atoms with Crippen molar-refractivity contribution < 1.29 is 110 Å². The van der Waals surface area contributed by atoms with Gasteiger partial charge >= 0.3 is 29.6 Å². The first-order valence-corrected chi connectivity index (χ1v) is 22.4. The fraction of sp³-hybridized carbons (Fsp3) is 0.0588. The summed E-state index contributed by atoms with van der Waals surface area (Å²) in [6.45, 7) is 0. The zero-order valence-corrected chi connectivity index (χ0v) is 36.9. The van der Waals surface area contributed by atoms with E-state index in [1.165, 1.54) is 0 Å². The van der Waals surface area contributed by atoms with Crippen molar-refractivity contribution in [2.45, 2.75) is 19.6 Å². The zero-order valence-electron chi connectivity index (χ0n) is 30.3. The number of sulfone groups is 2. The van der Waals surface area contributed by atoms with E-state index in [1.54, 1.807) is 48.5 Å². The number of nitrogens with two attached hydrogens (primary N) is 2. The fourth-order valence-corrected chi connectivity index (χ4v) is 9.48. The van der Waals surface area contributed by atoms with Crippen LogP contribution in [0.5, 0.6) is 34.5 Å². The van der Waals surface area contributed by atoms with Crippen LogP contribution in [-0.2, 0) is 57.1 Å². The smallest absolute Gasteiger partial charge is 0.871 e. The van der Waals surface area contributed by atoms with Crippen LogP contribution in [-0.4, -0.2) is 60.9 Å². The normalized spacial score (nSPS) is 15.0. The van der Waals surface area contributed by atoms with Crippen LogP contribution in [0.1, 0.15) is 0 Å². The van der Waals surface area contributed by atoms with E-state index in [0.29, 0.717) is 16.2 Å². The van der Waals surface area contributed by atoms with Crippen molar-refractivity contribution in [2.24, 2.45) is 30.7 Å². The van der Waals surface area contributed by atoms with Gasteiger partial charge in [0.1, 0.15) is 32.7 Å². The Hall–Kier alpha value is -4.91. The molecule has 7 N–H and O–H groups in total. The topological polar surface area (TPSA) is 340 Å². The van der Waals surface area contributed by atoms with E-state index in [2.05, 4.69) is 20.5 Å². The molecule has 0 atom stereocenters. The van der Waals surface area contributed by atoms with Crippen LogP contribution in [0.3, 0.4) is 0 Å². The van der Waals surface area contributed by atoms with Gasteiger partial charge in [-0.3, -0.25) is 0 Å². The van der Waals surface area contributed by atoms with Crippen LogP contribution in [0.15, 0.2) is 125 Å². The first-order valence-electron chi connectivity index (χ1n) is 16.0. The number of phenols is 3. The van der Waals surface area contributed by atoms with Crippen LogP contribution in [0, 0.1) is 0 Å². The number of azo groups is 2. The Morgan fingerprint density at radius 2 is 0.967 bits per heavy atom. The number of aromatic hydroxyl groups is 3. The van der Waals surface area contributed by atoms with Crippen LogP contribution in [0.4, 0.5) is 22.7 Å². The van der Waals surface area contributed by atoms with Crippen molar-refractivity contribution in [2.75, 3.05) is 11.9 Å². The van der Waals surface area contributed by atoms with Gasteiger partial charge in [-0.1, -0.05) is 60.3 Å². The maximum Gasteiger partial charge on any atom is 1.00 e. The van der Waals surface area contributed by atoms with Crippen molar-refractivity contribution >= 4 is 84.0 Å². The van der Waals surface area contributed by atoms with E-state index in [9.17, 15) is 54.1 Å². The van der Waals surface area contributed by atoms with Crippen molar-refractivity contribution in [3.8, 4) is 34.5 Å². The van der Waals surface area contributed by atoms with Gasteiger partial charge in [-0.15, -0.1) is 15.3 Å². The molecule has 6 aromatic rings. The number of fused-ring (bicyclic) bond motifs is 6. The van der Waals surface area contributed by atoms with Gasteiger partial charge in [0.05, 0.1) is 15.5 Å². The predicted molar refractivity (Wildman–Crippen MR) is 202 cm³/mol. The summed E-state index contributed by atoms with van der Waals surface area (Å²) in [6.07, 6.45) is 0. The third-order valence-corrected chi connectivity index (χ3v) is 13.2. The minimum Gasteiger partial charge on any atom is -0.871 e. The van der Waals surface area contributed by atoms with E-state index < -0.39 is 86.0 Å². The molecule has 60 heavy (non-hydrogen) atoms. The summed E-state index contributed by atoms with van der Waals surface area (Å²) >= 11 is 0. The molecule has 8 rings (SSSR count). The van der Waals surface area contributed by atoms with Gasteiger partial charge in [0, 0.05) is 38.9 Å². The summed E-state index contributed by atoms with van der Waals surface area (Å²) in [5.41, 5.74) is -1.46. The van der Waals surface area contributed by atoms with Gasteiger partial charge in [0.15, 0.2) is 34.8 Å². The van der Waals surface area contributed by atoms with Crippen LogP contribution < -0.4 is 54.4 Å². The van der Waals surface area contributed by atoms with E-state index >= 15 is 0 Å².